The highest BCUT2D eigenvalue weighted by molar-refractivity contribution is 7.89. The van der Waals surface area contributed by atoms with Crippen molar-refractivity contribution < 1.29 is 22.9 Å². The zero-order valence-corrected chi connectivity index (χ0v) is 15.5. The van der Waals surface area contributed by atoms with E-state index in [0.717, 1.165) is 31.7 Å². The van der Waals surface area contributed by atoms with E-state index in [1.54, 1.807) is 4.90 Å². The van der Waals surface area contributed by atoms with E-state index in [0.29, 0.717) is 13.1 Å². The molecule has 1 N–H and O–H groups in total. The van der Waals surface area contributed by atoms with Crippen LogP contribution in [0.4, 0.5) is 5.69 Å². The molecule has 1 aromatic carbocycles. The van der Waals surface area contributed by atoms with Gasteiger partial charge in [0.15, 0.2) is 5.75 Å². The van der Waals surface area contributed by atoms with Crippen LogP contribution in [-0.4, -0.2) is 50.9 Å². The van der Waals surface area contributed by atoms with Gasteiger partial charge < -0.3 is 9.64 Å². The summed E-state index contributed by atoms with van der Waals surface area (Å²) in [5.41, 5.74) is -0.434. The summed E-state index contributed by atoms with van der Waals surface area (Å²) in [5.74, 6) is -0.111. The summed E-state index contributed by atoms with van der Waals surface area (Å²) in [4.78, 5) is 24.0. The summed E-state index contributed by atoms with van der Waals surface area (Å²) in [7, 11) is -2.69. The van der Waals surface area contributed by atoms with Crippen molar-refractivity contribution in [2.45, 2.75) is 37.0 Å². The van der Waals surface area contributed by atoms with Crippen LogP contribution in [0.15, 0.2) is 23.1 Å². The van der Waals surface area contributed by atoms with Gasteiger partial charge in [0.05, 0.1) is 16.9 Å². The van der Waals surface area contributed by atoms with E-state index in [2.05, 4.69) is 4.72 Å². The molecule has 0 spiro atoms. The number of ether oxygens (including phenoxy) is 1. The molecule has 1 heterocycles. The number of sulfonamides is 1. The number of carbonyl (C=O) groups is 1. The number of benzene rings is 1. The van der Waals surface area contributed by atoms with Gasteiger partial charge in [-0.25, -0.2) is 13.1 Å². The normalized spacial score (nSPS) is 15.3. The minimum absolute atomic E-state index is 0.0229. The zero-order chi connectivity index (χ0) is 19.2. The molecule has 0 unspecified atom stereocenters. The molecule has 1 aromatic rings. The van der Waals surface area contributed by atoms with Crippen LogP contribution in [-0.2, 0) is 14.8 Å². The molecule has 0 aromatic heterocycles. The second kappa shape index (κ2) is 8.95. The average Bonchev–Trinajstić information content (AvgIpc) is 2.90. The lowest BCUT2D eigenvalue weighted by atomic mass is 10.2. The molecule has 0 saturated carbocycles. The maximum absolute atomic E-state index is 12.3. The Hall–Kier alpha value is -2.20. The number of nitro groups is 1. The largest absolute Gasteiger partial charge is 0.490 e. The lowest BCUT2D eigenvalue weighted by Crippen LogP contribution is -2.35. The van der Waals surface area contributed by atoms with Crippen molar-refractivity contribution in [3.8, 4) is 5.75 Å². The van der Waals surface area contributed by atoms with E-state index in [9.17, 15) is 23.3 Å². The van der Waals surface area contributed by atoms with Crippen LogP contribution in [0.5, 0.6) is 5.75 Å². The maximum Gasteiger partial charge on any atom is 0.312 e. The SMILES string of the molecule is COc1ccc(S(=O)(=O)NCCC(=O)N2CCCCCC2)cc1[N+](=O)[O-]. The maximum atomic E-state index is 12.3. The monoisotopic (exact) mass is 385 g/mol. The Morgan fingerprint density at radius 1 is 1.27 bits per heavy atom. The molecule has 0 aliphatic carbocycles. The second-order valence-corrected chi connectivity index (χ2v) is 7.80. The topological polar surface area (TPSA) is 119 Å². The summed E-state index contributed by atoms with van der Waals surface area (Å²) in [6.45, 7) is 1.35. The first kappa shape index (κ1) is 20.1. The standard InChI is InChI=1S/C16H23N3O6S/c1-25-15-7-6-13(12-14(15)19(21)22)26(23,24)17-9-8-16(20)18-10-4-2-3-5-11-18/h6-7,12,17H,2-5,8-11H2,1H3. The summed E-state index contributed by atoms with van der Waals surface area (Å²) < 4.78 is 31.8. The number of carbonyl (C=O) groups excluding carboxylic acids is 1. The van der Waals surface area contributed by atoms with Crippen LogP contribution in [0.1, 0.15) is 32.1 Å². The Morgan fingerprint density at radius 3 is 2.50 bits per heavy atom. The molecule has 1 amide bonds. The van der Waals surface area contributed by atoms with Crippen LogP contribution >= 0.6 is 0 Å². The highest BCUT2D eigenvalue weighted by atomic mass is 32.2. The molecule has 26 heavy (non-hydrogen) atoms. The van der Waals surface area contributed by atoms with Crippen molar-refractivity contribution in [1.29, 1.82) is 0 Å². The zero-order valence-electron chi connectivity index (χ0n) is 14.6. The molecule has 2 rings (SSSR count). The fourth-order valence-electron chi connectivity index (χ4n) is 2.83. The first-order valence-electron chi connectivity index (χ1n) is 8.45. The molecule has 9 nitrogen and oxygen atoms in total. The van der Waals surface area contributed by atoms with Crippen LogP contribution in [0.25, 0.3) is 0 Å². The third kappa shape index (κ3) is 5.15. The number of likely N-dealkylation sites (tertiary alicyclic amines) is 1. The number of amides is 1. The van der Waals surface area contributed by atoms with Gasteiger partial charge in [-0.2, -0.15) is 0 Å². The van der Waals surface area contributed by atoms with Gasteiger partial charge in [0.2, 0.25) is 15.9 Å². The van der Waals surface area contributed by atoms with Crippen LogP contribution in [0.2, 0.25) is 0 Å². The summed E-state index contributed by atoms with van der Waals surface area (Å²) in [6.07, 6.45) is 4.19. The Kier molecular flexibility index (Phi) is 6.92. The Balaban J connectivity index is 1.99. The highest BCUT2D eigenvalue weighted by Gasteiger charge is 2.22. The minimum Gasteiger partial charge on any atom is -0.490 e. The van der Waals surface area contributed by atoms with Gasteiger partial charge in [0.1, 0.15) is 0 Å². The van der Waals surface area contributed by atoms with Gasteiger partial charge in [0.25, 0.3) is 0 Å². The number of rotatable bonds is 7. The smallest absolute Gasteiger partial charge is 0.312 e. The lowest BCUT2D eigenvalue weighted by Gasteiger charge is -2.20. The van der Waals surface area contributed by atoms with E-state index in [1.165, 1.54) is 19.2 Å². The quantitative estimate of drug-likeness (QED) is 0.563. The number of hydrogen-bond acceptors (Lipinski definition) is 6. The Labute approximate surface area is 152 Å². The van der Waals surface area contributed by atoms with Crippen molar-refractivity contribution in [3.05, 3.63) is 28.3 Å². The minimum atomic E-state index is -3.96. The van der Waals surface area contributed by atoms with Gasteiger partial charge >= 0.3 is 5.69 Å². The van der Waals surface area contributed by atoms with Crippen molar-refractivity contribution in [3.63, 3.8) is 0 Å². The number of methoxy groups -OCH3 is 1. The number of hydrogen-bond donors (Lipinski definition) is 1. The highest BCUT2D eigenvalue weighted by Crippen LogP contribution is 2.29. The molecule has 1 aliphatic heterocycles. The lowest BCUT2D eigenvalue weighted by molar-refractivity contribution is -0.386. The van der Waals surface area contributed by atoms with E-state index < -0.39 is 20.6 Å². The fraction of sp³-hybridized carbons (Fsp3) is 0.562. The second-order valence-electron chi connectivity index (χ2n) is 6.03. The average molecular weight is 385 g/mol. The fourth-order valence-corrected chi connectivity index (χ4v) is 3.88. The molecular formula is C16H23N3O6S. The number of nitrogens with one attached hydrogen (secondary N) is 1. The summed E-state index contributed by atoms with van der Waals surface area (Å²) >= 11 is 0. The molecule has 144 valence electrons. The molecule has 0 bridgehead atoms. The van der Waals surface area contributed by atoms with Crippen LogP contribution < -0.4 is 9.46 Å². The summed E-state index contributed by atoms with van der Waals surface area (Å²) in [5, 5.41) is 11.0. The predicted molar refractivity (Wildman–Crippen MR) is 94.5 cm³/mol. The van der Waals surface area contributed by atoms with Crippen molar-refractivity contribution >= 4 is 21.6 Å². The van der Waals surface area contributed by atoms with Crippen molar-refractivity contribution in [2.24, 2.45) is 0 Å². The van der Waals surface area contributed by atoms with E-state index in [4.69, 9.17) is 4.74 Å². The van der Waals surface area contributed by atoms with Crippen LogP contribution in [0.3, 0.4) is 0 Å². The molecule has 0 atom stereocenters. The molecule has 1 aliphatic rings. The first-order chi connectivity index (χ1) is 12.3. The molecule has 0 radical (unpaired) electrons. The molecular weight excluding hydrogens is 362 g/mol. The molecule has 1 saturated heterocycles. The molecule has 1 fully saturated rings. The van der Waals surface area contributed by atoms with Crippen molar-refractivity contribution in [2.75, 3.05) is 26.7 Å². The summed E-state index contributed by atoms with van der Waals surface area (Å²) in [6, 6.07) is 3.40. The van der Waals surface area contributed by atoms with E-state index in [-0.39, 0.29) is 29.5 Å². The van der Waals surface area contributed by atoms with E-state index in [1.807, 2.05) is 0 Å². The van der Waals surface area contributed by atoms with E-state index >= 15 is 0 Å². The van der Waals surface area contributed by atoms with Gasteiger partial charge in [-0.15, -0.1) is 0 Å². The van der Waals surface area contributed by atoms with Gasteiger partial charge in [-0.1, -0.05) is 12.8 Å². The Morgan fingerprint density at radius 2 is 1.92 bits per heavy atom. The first-order valence-corrected chi connectivity index (χ1v) is 9.93. The predicted octanol–water partition coefficient (Wildman–Crippen LogP) is 1.67. The van der Waals surface area contributed by atoms with Crippen LogP contribution in [0, 0.1) is 10.1 Å². The van der Waals surface area contributed by atoms with Gasteiger partial charge in [-0.3, -0.25) is 14.9 Å². The van der Waals surface area contributed by atoms with Gasteiger partial charge in [-0.05, 0) is 25.0 Å². The third-order valence-electron chi connectivity index (χ3n) is 4.25. The number of nitrogens with zero attached hydrogens (tertiary/aromatic N) is 2. The Bertz CT molecular complexity index is 757. The van der Waals surface area contributed by atoms with Crippen molar-refractivity contribution in [1.82, 2.24) is 9.62 Å². The van der Waals surface area contributed by atoms with Gasteiger partial charge in [0, 0.05) is 32.1 Å². The third-order valence-corrected chi connectivity index (χ3v) is 5.71. The number of nitro benzene ring substituents is 1. The molecule has 10 heteroatoms.